The van der Waals surface area contributed by atoms with Crippen LogP contribution in [0, 0.1) is 0 Å². The van der Waals surface area contributed by atoms with Crippen LogP contribution in [0.2, 0.25) is 0 Å². The standard InChI is InChI=1S/C18H19N3O2/c1-13(2)7-8-20-9-10-21-17(18(20)22)12-16(19-21)14-5-4-6-15(11-14)23-3/h4-7,9-12H,8H2,1-3H3. The molecule has 0 spiro atoms. The van der Waals surface area contributed by atoms with Crippen molar-refractivity contribution in [1.29, 1.82) is 0 Å². The minimum Gasteiger partial charge on any atom is -0.497 e. The van der Waals surface area contributed by atoms with E-state index in [0.29, 0.717) is 12.1 Å². The summed E-state index contributed by atoms with van der Waals surface area (Å²) in [6, 6.07) is 9.46. The first-order chi connectivity index (χ1) is 11.1. The number of nitrogens with zero attached hydrogens (tertiary/aromatic N) is 3. The van der Waals surface area contributed by atoms with E-state index in [1.165, 1.54) is 5.57 Å². The molecule has 0 saturated carbocycles. The highest BCUT2D eigenvalue weighted by Gasteiger charge is 2.09. The Morgan fingerprint density at radius 1 is 1.26 bits per heavy atom. The average molecular weight is 309 g/mol. The summed E-state index contributed by atoms with van der Waals surface area (Å²) in [4.78, 5) is 12.6. The highest BCUT2D eigenvalue weighted by atomic mass is 16.5. The molecule has 0 saturated heterocycles. The molecule has 0 fully saturated rings. The number of fused-ring (bicyclic) bond motifs is 1. The predicted octanol–water partition coefficient (Wildman–Crippen LogP) is 3.14. The van der Waals surface area contributed by atoms with Gasteiger partial charge < -0.3 is 9.30 Å². The van der Waals surface area contributed by atoms with Crippen molar-refractivity contribution in [2.24, 2.45) is 0 Å². The van der Waals surface area contributed by atoms with Gasteiger partial charge in [-0.1, -0.05) is 23.8 Å². The van der Waals surface area contributed by atoms with Gasteiger partial charge in [-0.25, -0.2) is 4.52 Å². The molecule has 0 N–H and O–H groups in total. The molecule has 3 aromatic rings. The van der Waals surface area contributed by atoms with Gasteiger partial charge in [-0.05, 0) is 32.0 Å². The maximum absolute atomic E-state index is 12.6. The second-order valence-corrected chi connectivity index (χ2v) is 5.63. The summed E-state index contributed by atoms with van der Waals surface area (Å²) in [5, 5.41) is 4.49. The Bertz CT molecular complexity index is 931. The van der Waals surface area contributed by atoms with Crippen LogP contribution < -0.4 is 10.3 Å². The molecular formula is C18H19N3O2. The van der Waals surface area contributed by atoms with Gasteiger partial charge in [0, 0.05) is 24.5 Å². The van der Waals surface area contributed by atoms with Crippen molar-refractivity contribution < 1.29 is 4.74 Å². The maximum atomic E-state index is 12.6. The lowest BCUT2D eigenvalue weighted by Gasteiger charge is -2.02. The molecule has 5 heteroatoms. The molecule has 23 heavy (non-hydrogen) atoms. The monoisotopic (exact) mass is 309 g/mol. The fourth-order valence-electron chi connectivity index (χ4n) is 2.37. The van der Waals surface area contributed by atoms with Gasteiger partial charge in [0.15, 0.2) is 0 Å². The Labute approximate surface area is 134 Å². The van der Waals surface area contributed by atoms with E-state index in [9.17, 15) is 4.79 Å². The van der Waals surface area contributed by atoms with Crippen LogP contribution in [-0.4, -0.2) is 21.3 Å². The molecule has 0 aliphatic carbocycles. The van der Waals surface area contributed by atoms with E-state index >= 15 is 0 Å². The lowest BCUT2D eigenvalue weighted by Crippen LogP contribution is -2.20. The molecule has 0 aliphatic heterocycles. The summed E-state index contributed by atoms with van der Waals surface area (Å²) in [5.41, 5.74) is 3.37. The first kappa shape index (κ1) is 15.1. The fraction of sp³-hybridized carbons (Fsp3) is 0.222. The molecule has 2 aromatic heterocycles. The molecule has 0 unspecified atom stereocenters. The summed E-state index contributed by atoms with van der Waals surface area (Å²) in [5.74, 6) is 0.764. The largest absolute Gasteiger partial charge is 0.497 e. The van der Waals surface area contributed by atoms with E-state index in [0.717, 1.165) is 17.0 Å². The SMILES string of the molecule is COc1cccc(-c2cc3c(=O)n(CC=C(C)C)ccn3n2)c1. The first-order valence-corrected chi connectivity index (χ1v) is 7.45. The van der Waals surface area contributed by atoms with E-state index in [2.05, 4.69) is 5.10 Å². The Morgan fingerprint density at radius 3 is 2.83 bits per heavy atom. The summed E-state index contributed by atoms with van der Waals surface area (Å²) >= 11 is 0. The molecule has 5 nitrogen and oxygen atoms in total. The predicted molar refractivity (Wildman–Crippen MR) is 90.9 cm³/mol. The van der Waals surface area contributed by atoms with Crippen molar-refractivity contribution in [1.82, 2.24) is 14.2 Å². The van der Waals surface area contributed by atoms with Crippen molar-refractivity contribution in [3.8, 4) is 17.0 Å². The topological polar surface area (TPSA) is 48.5 Å². The molecule has 0 radical (unpaired) electrons. The van der Waals surface area contributed by atoms with Crippen molar-refractivity contribution in [3.05, 3.63) is 64.7 Å². The Balaban J connectivity index is 2.06. The molecule has 0 amide bonds. The van der Waals surface area contributed by atoms with Crippen molar-refractivity contribution >= 4 is 5.52 Å². The van der Waals surface area contributed by atoms with Crippen LogP contribution in [0.5, 0.6) is 5.75 Å². The normalized spacial score (nSPS) is 10.7. The molecular weight excluding hydrogens is 290 g/mol. The van der Waals surface area contributed by atoms with Gasteiger partial charge in [0.05, 0.1) is 12.8 Å². The highest BCUT2D eigenvalue weighted by Crippen LogP contribution is 2.22. The number of methoxy groups -OCH3 is 1. The van der Waals surface area contributed by atoms with Crippen molar-refractivity contribution in [2.45, 2.75) is 20.4 Å². The van der Waals surface area contributed by atoms with E-state index in [4.69, 9.17) is 4.74 Å². The smallest absolute Gasteiger partial charge is 0.276 e. The third-order valence-electron chi connectivity index (χ3n) is 3.67. The molecule has 0 bridgehead atoms. The van der Waals surface area contributed by atoms with E-state index < -0.39 is 0 Å². The third-order valence-corrected chi connectivity index (χ3v) is 3.67. The molecule has 2 heterocycles. The van der Waals surface area contributed by atoms with Crippen LogP contribution >= 0.6 is 0 Å². The zero-order valence-electron chi connectivity index (χ0n) is 13.5. The van der Waals surface area contributed by atoms with Crippen LogP contribution in [0.3, 0.4) is 0 Å². The van der Waals surface area contributed by atoms with Gasteiger partial charge in [-0.2, -0.15) is 5.10 Å². The second kappa shape index (κ2) is 6.12. The number of benzene rings is 1. The van der Waals surface area contributed by atoms with Crippen LogP contribution in [0.25, 0.3) is 16.8 Å². The van der Waals surface area contributed by atoms with Crippen molar-refractivity contribution in [2.75, 3.05) is 7.11 Å². The zero-order valence-corrected chi connectivity index (χ0v) is 13.5. The number of aromatic nitrogens is 3. The Hall–Kier alpha value is -2.82. The van der Waals surface area contributed by atoms with Crippen LogP contribution in [0.4, 0.5) is 0 Å². The molecule has 118 valence electrons. The number of allylic oxidation sites excluding steroid dienone is 2. The number of hydrogen-bond acceptors (Lipinski definition) is 3. The highest BCUT2D eigenvalue weighted by molar-refractivity contribution is 5.66. The number of ether oxygens (including phenoxy) is 1. The van der Waals surface area contributed by atoms with Crippen molar-refractivity contribution in [3.63, 3.8) is 0 Å². The summed E-state index contributed by atoms with van der Waals surface area (Å²) < 4.78 is 8.54. The lowest BCUT2D eigenvalue weighted by molar-refractivity contribution is 0.415. The molecule has 0 aliphatic rings. The van der Waals surface area contributed by atoms with Crippen LogP contribution in [0.1, 0.15) is 13.8 Å². The van der Waals surface area contributed by atoms with E-state index in [1.54, 1.807) is 28.6 Å². The van der Waals surface area contributed by atoms with Gasteiger partial charge in [-0.3, -0.25) is 4.79 Å². The molecule has 1 aromatic carbocycles. The van der Waals surface area contributed by atoms with Gasteiger partial charge >= 0.3 is 0 Å². The van der Waals surface area contributed by atoms with Gasteiger partial charge in [0.25, 0.3) is 5.56 Å². The Morgan fingerprint density at radius 2 is 2.09 bits per heavy atom. The lowest BCUT2D eigenvalue weighted by atomic mass is 10.1. The van der Waals surface area contributed by atoms with Gasteiger partial charge in [-0.15, -0.1) is 0 Å². The second-order valence-electron chi connectivity index (χ2n) is 5.63. The number of rotatable bonds is 4. The Kier molecular flexibility index (Phi) is 4.02. The zero-order chi connectivity index (χ0) is 16.4. The van der Waals surface area contributed by atoms with E-state index in [-0.39, 0.29) is 5.56 Å². The van der Waals surface area contributed by atoms with Crippen LogP contribution in [0.15, 0.2) is 59.2 Å². The minimum atomic E-state index is -0.0494. The third kappa shape index (κ3) is 3.04. The van der Waals surface area contributed by atoms with Gasteiger partial charge in [0.2, 0.25) is 0 Å². The molecule has 0 atom stereocenters. The quantitative estimate of drug-likeness (QED) is 0.696. The van der Waals surface area contributed by atoms with Crippen LogP contribution in [-0.2, 0) is 6.54 Å². The van der Waals surface area contributed by atoms with Gasteiger partial charge in [0.1, 0.15) is 11.3 Å². The average Bonchev–Trinajstić information content (AvgIpc) is 2.99. The summed E-state index contributed by atoms with van der Waals surface area (Å²) in [7, 11) is 1.63. The summed E-state index contributed by atoms with van der Waals surface area (Å²) in [6.45, 7) is 4.60. The molecule has 3 rings (SSSR count). The fourth-order valence-corrected chi connectivity index (χ4v) is 2.37. The number of hydrogen-bond donors (Lipinski definition) is 0. The summed E-state index contributed by atoms with van der Waals surface area (Å²) in [6.07, 6.45) is 5.59. The first-order valence-electron chi connectivity index (χ1n) is 7.45. The minimum absolute atomic E-state index is 0.0494. The van der Waals surface area contributed by atoms with E-state index in [1.807, 2.05) is 50.3 Å². The maximum Gasteiger partial charge on any atom is 0.276 e.